The van der Waals surface area contributed by atoms with Crippen molar-refractivity contribution >= 4 is 11.9 Å². The van der Waals surface area contributed by atoms with E-state index in [-0.39, 0.29) is 25.2 Å². The molecule has 0 fully saturated rings. The van der Waals surface area contributed by atoms with Crippen LogP contribution in [-0.2, 0) is 23.8 Å². The molecule has 0 amide bonds. The third kappa shape index (κ3) is 54.2. The van der Waals surface area contributed by atoms with Crippen molar-refractivity contribution in [1.29, 1.82) is 0 Å². The summed E-state index contributed by atoms with van der Waals surface area (Å²) in [5, 5.41) is 0. The fourth-order valence-electron chi connectivity index (χ4n) is 8.30. The summed E-state index contributed by atoms with van der Waals surface area (Å²) in [6.07, 6.45) is 72.4. The lowest BCUT2D eigenvalue weighted by Gasteiger charge is -2.18. The van der Waals surface area contributed by atoms with Gasteiger partial charge in [-0.25, -0.2) is 0 Å². The highest BCUT2D eigenvalue weighted by atomic mass is 16.6. The lowest BCUT2D eigenvalue weighted by Crippen LogP contribution is -2.30. The summed E-state index contributed by atoms with van der Waals surface area (Å²) < 4.78 is 17.4. The maximum absolute atomic E-state index is 12.9. The highest BCUT2D eigenvalue weighted by Crippen LogP contribution is 2.16. The second-order valence-corrected chi connectivity index (χ2v) is 19.2. The van der Waals surface area contributed by atoms with Crippen LogP contribution in [0.25, 0.3) is 0 Å². The average Bonchev–Trinajstić information content (AvgIpc) is 3.32. The van der Waals surface area contributed by atoms with Crippen molar-refractivity contribution in [3.05, 3.63) is 60.8 Å². The zero-order chi connectivity index (χ0) is 47.7. The third-order valence-electron chi connectivity index (χ3n) is 12.6. The summed E-state index contributed by atoms with van der Waals surface area (Å²) in [5.74, 6) is -0.419. The Hall–Kier alpha value is -2.40. The van der Waals surface area contributed by atoms with Gasteiger partial charge in [-0.1, -0.05) is 274 Å². The van der Waals surface area contributed by atoms with Gasteiger partial charge >= 0.3 is 11.9 Å². The van der Waals surface area contributed by atoms with Crippen LogP contribution >= 0.6 is 0 Å². The molecule has 0 aliphatic rings. The van der Waals surface area contributed by atoms with Crippen LogP contribution < -0.4 is 0 Å². The first kappa shape index (κ1) is 63.6. The molecule has 5 heteroatoms. The molecule has 0 spiro atoms. The van der Waals surface area contributed by atoms with Crippen LogP contribution in [0.4, 0.5) is 0 Å². The number of unbranched alkanes of at least 4 members (excludes halogenated alkanes) is 32. The molecule has 384 valence electrons. The maximum atomic E-state index is 12.9. The van der Waals surface area contributed by atoms with Crippen molar-refractivity contribution in [2.75, 3.05) is 19.8 Å². The molecule has 0 N–H and O–H groups in total. The summed E-state index contributed by atoms with van der Waals surface area (Å²) in [4.78, 5) is 25.5. The number of carbonyl (C=O) groups excluding carboxylic acids is 2. The van der Waals surface area contributed by atoms with Crippen molar-refractivity contribution in [2.45, 2.75) is 297 Å². The predicted molar refractivity (Wildman–Crippen MR) is 288 cm³/mol. The molecule has 0 aliphatic heterocycles. The highest BCUT2D eigenvalue weighted by molar-refractivity contribution is 5.70. The summed E-state index contributed by atoms with van der Waals surface area (Å²) in [7, 11) is 0. The Morgan fingerprint density at radius 3 is 1.09 bits per heavy atom. The van der Waals surface area contributed by atoms with Crippen LogP contribution in [0.5, 0.6) is 0 Å². The van der Waals surface area contributed by atoms with Crippen LogP contribution in [0.1, 0.15) is 290 Å². The van der Waals surface area contributed by atoms with E-state index in [4.69, 9.17) is 14.2 Å². The van der Waals surface area contributed by atoms with Crippen molar-refractivity contribution in [1.82, 2.24) is 0 Å². The smallest absolute Gasteiger partial charge is 0.306 e. The Morgan fingerprint density at radius 1 is 0.348 bits per heavy atom. The lowest BCUT2D eigenvalue weighted by atomic mass is 10.0. The number of ether oxygens (including phenoxy) is 3. The summed E-state index contributed by atoms with van der Waals surface area (Å²) >= 11 is 0. The van der Waals surface area contributed by atoms with E-state index in [9.17, 15) is 9.59 Å². The maximum Gasteiger partial charge on any atom is 0.306 e. The van der Waals surface area contributed by atoms with E-state index in [2.05, 4.69) is 81.5 Å². The minimum absolute atomic E-state index is 0.0717. The van der Waals surface area contributed by atoms with Crippen LogP contribution in [-0.4, -0.2) is 37.9 Å². The molecule has 0 heterocycles. The van der Waals surface area contributed by atoms with E-state index in [0.29, 0.717) is 19.4 Å². The molecule has 0 aliphatic carbocycles. The number of rotatable bonds is 53. The molecule has 0 saturated heterocycles. The largest absolute Gasteiger partial charge is 0.462 e. The van der Waals surface area contributed by atoms with E-state index in [0.717, 1.165) is 83.5 Å². The molecule has 1 unspecified atom stereocenters. The first-order valence-corrected chi connectivity index (χ1v) is 28.8. The van der Waals surface area contributed by atoms with Crippen LogP contribution in [0.15, 0.2) is 60.8 Å². The number of carbonyl (C=O) groups is 2. The zero-order valence-corrected chi connectivity index (χ0v) is 44.2. The van der Waals surface area contributed by atoms with E-state index in [1.807, 2.05) is 0 Å². The van der Waals surface area contributed by atoms with Gasteiger partial charge in [0, 0.05) is 19.4 Å². The fourth-order valence-corrected chi connectivity index (χ4v) is 8.30. The van der Waals surface area contributed by atoms with Crippen molar-refractivity contribution in [3.63, 3.8) is 0 Å². The normalized spacial score (nSPS) is 12.6. The van der Waals surface area contributed by atoms with E-state index in [1.165, 1.54) is 173 Å². The standard InChI is InChI=1S/C61H110O5/c1-4-7-10-13-16-19-22-25-27-29-31-33-35-37-39-42-45-48-51-54-60(62)65-58-59(57-64-56-53-50-47-44-41-24-21-18-15-12-9-6-3)66-61(63)55-52-49-46-43-40-38-36-34-32-30-28-26-23-20-17-14-11-8-5-2/h7,10,16,19,25,27,31,33,37,39,59H,4-6,8-9,11-15,17-18,20-24,26,28-30,32,34-36,38,40-58H2,1-3H3/b10-7-,19-16-,27-25-,33-31-,39-37-. The lowest BCUT2D eigenvalue weighted by molar-refractivity contribution is -0.163. The Labute approximate surface area is 411 Å². The molecule has 0 rings (SSSR count). The Bertz CT molecular complexity index is 1130. The van der Waals surface area contributed by atoms with Gasteiger partial charge in [-0.15, -0.1) is 0 Å². The second-order valence-electron chi connectivity index (χ2n) is 19.2. The van der Waals surface area contributed by atoms with E-state index >= 15 is 0 Å². The third-order valence-corrected chi connectivity index (χ3v) is 12.6. The van der Waals surface area contributed by atoms with Crippen molar-refractivity contribution in [3.8, 4) is 0 Å². The second kappa shape index (κ2) is 56.9. The SMILES string of the molecule is CC/C=C\C/C=C\C/C=C\C/C=C\C/C=C\CCCCCC(=O)OCC(COCCCCCCCCCCCCCC)OC(=O)CCCCCCCCCCCCCCCCCCCCC. The molecule has 0 bridgehead atoms. The van der Waals surface area contributed by atoms with Crippen molar-refractivity contribution < 1.29 is 23.8 Å². The van der Waals surface area contributed by atoms with Crippen LogP contribution in [0, 0.1) is 0 Å². The Balaban J connectivity index is 4.26. The zero-order valence-electron chi connectivity index (χ0n) is 44.2. The monoisotopic (exact) mass is 923 g/mol. The van der Waals surface area contributed by atoms with Crippen molar-refractivity contribution in [2.24, 2.45) is 0 Å². The fraction of sp³-hybridized carbons (Fsp3) is 0.803. The number of hydrogen-bond donors (Lipinski definition) is 0. The summed E-state index contributed by atoms with van der Waals surface area (Å²) in [5.41, 5.74) is 0. The first-order valence-electron chi connectivity index (χ1n) is 28.8. The van der Waals surface area contributed by atoms with Gasteiger partial charge in [0.2, 0.25) is 0 Å². The van der Waals surface area contributed by atoms with Gasteiger partial charge in [-0.05, 0) is 64.2 Å². The van der Waals surface area contributed by atoms with Gasteiger partial charge < -0.3 is 14.2 Å². The van der Waals surface area contributed by atoms with E-state index in [1.54, 1.807) is 0 Å². The van der Waals surface area contributed by atoms with Gasteiger partial charge in [0.05, 0.1) is 6.61 Å². The molecule has 66 heavy (non-hydrogen) atoms. The molecule has 5 nitrogen and oxygen atoms in total. The van der Waals surface area contributed by atoms with Gasteiger partial charge in [0.25, 0.3) is 0 Å². The highest BCUT2D eigenvalue weighted by Gasteiger charge is 2.17. The van der Waals surface area contributed by atoms with Gasteiger partial charge in [0.15, 0.2) is 6.10 Å². The van der Waals surface area contributed by atoms with Gasteiger partial charge in [-0.2, -0.15) is 0 Å². The Morgan fingerprint density at radius 2 is 0.682 bits per heavy atom. The Kier molecular flexibility index (Phi) is 54.9. The minimum Gasteiger partial charge on any atom is -0.462 e. The molecule has 0 aromatic carbocycles. The summed E-state index contributed by atoms with van der Waals surface area (Å²) in [6, 6.07) is 0. The molecule has 0 aromatic rings. The number of esters is 2. The quantitative estimate of drug-likeness (QED) is 0.0346. The predicted octanol–water partition coefficient (Wildman–Crippen LogP) is 19.7. The molecule has 0 aromatic heterocycles. The number of hydrogen-bond acceptors (Lipinski definition) is 5. The van der Waals surface area contributed by atoms with Gasteiger partial charge in [0.1, 0.15) is 6.61 Å². The molecular formula is C61H110O5. The summed E-state index contributed by atoms with van der Waals surface area (Å²) in [6.45, 7) is 7.73. The molecule has 1 atom stereocenters. The molecule has 0 radical (unpaired) electrons. The van der Waals surface area contributed by atoms with Gasteiger partial charge in [-0.3, -0.25) is 9.59 Å². The molecular weight excluding hydrogens is 813 g/mol. The molecule has 0 saturated carbocycles. The number of allylic oxidation sites excluding steroid dienone is 10. The first-order chi connectivity index (χ1) is 32.6. The average molecular weight is 924 g/mol. The topological polar surface area (TPSA) is 61.8 Å². The van der Waals surface area contributed by atoms with E-state index < -0.39 is 6.10 Å². The minimum atomic E-state index is -0.547. The van der Waals surface area contributed by atoms with Crippen LogP contribution in [0.3, 0.4) is 0 Å². The van der Waals surface area contributed by atoms with Crippen LogP contribution in [0.2, 0.25) is 0 Å².